The van der Waals surface area contributed by atoms with E-state index in [1.54, 1.807) is 7.11 Å². The average molecular weight is 586 g/mol. The summed E-state index contributed by atoms with van der Waals surface area (Å²) in [5, 5.41) is 9.05. The van der Waals surface area contributed by atoms with Crippen LogP contribution in [0.2, 0.25) is 0 Å². The predicted molar refractivity (Wildman–Crippen MR) is 170 cm³/mol. The normalized spacial score (nSPS) is 18.3. The maximum absolute atomic E-state index is 14.2. The summed E-state index contributed by atoms with van der Waals surface area (Å²) in [6, 6.07) is 24.9. The Morgan fingerprint density at radius 1 is 1.05 bits per heavy atom. The molecule has 2 atom stereocenters. The number of hydrogen-bond donors (Lipinski definition) is 3. The Bertz CT molecular complexity index is 1380. The van der Waals surface area contributed by atoms with Gasteiger partial charge in [-0.3, -0.25) is 10.2 Å². The molecule has 8 nitrogen and oxygen atoms in total. The molecular formula is C35H43N3O5. The first-order chi connectivity index (χ1) is 20.7. The Hall–Kier alpha value is -4.14. The Kier molecular flexibility index (Phi) is 11.0. The molecule has 3 aromatic carbocycles. The number of carbonyl (C=O) groups excluding carboxylic acids is 1. The number of aliphatic imine (C=N–C) groups is 1. The Morgan fingerprint density at radius 3 is 2.51 bits per heavy atom. The van der Waals surface area contributed by atoms with Gasteiger partial charge in [-0.2, -0.15) is 0 Å². The molecule has 0 aliphatic carbocycles. The lowest BCUT2D eigenvalue weighted by Gasteiger charge is -2.30. The summed E-state index contributed by atoms with van der Waals surface area (Å²) in [4.78, 5) is 19.2. The maximum atomic E-state index is 14.2. The highest BCUT2D eigenvalue weighted by Gasteiger charge is 2.52. The van der Waals surface area contributed by atoms with Gasteiger partial charge in [-0.15, -0.1) is 0 Å². The van der Waals surface area contributed by atoms with Gasteiger partial charge in [-0.05, 0) is 59.4 Å². The topological polar surface area (TPSA) is 101 Å². The third-order valence-corrected chi connectivity index (χ3v) is 7.17. The molecule has 0 unspecified atom stereocenters. The minimum atomic E-state index is -1.31. The van der Waals surface area contributed by atoms with Crippen LogP contribution in [0.4, 0.5) is 0 Å². The summed E-state index contributed by atoms with van der Waals surface area (Å²) >= 11 is 0. The number of hydrazine groups is 1. The molecule has 0 saturated heterocycles. The van der Waals surface area contributed by atoms with Crippen LogP contribution in [0, 0.1) is 5.41 Å². The molecule has 43 heavy (non-hydrogen) atoms. The van der Waals surface area contributed by atoms with Crippen LogP contribution in [0.3, 0.4) is 0 Å². The molecule has 0 fully saturated rings. The Morgan fingerprint density at radius 2 is 1.81 bits per heavy atom. The number of benzene rings is 3. The van der Waals surface area contributed by atoms with Crippen molar-refractivity contribution in [1.82, 2.24) is 10.9 Å². The van der Waals surface area contributed by atoms with Gasteiger partial charge >= 0.3 is 0 Å². The van der Waals surface area contributed by atoms with Crippen molar-refractivity contribution in [3.05, 3.63) is 102 Å². The predicted octanol–water partition coefficient (Wildman–Crippen LogP) is 5.87. The molecular weight excluding hydrogens is 542 g/mol. The summed E-state index contributed by atoms with van der Waals surface area (Å²) in [7, 11) is 1.61. The summed E-state index contributed by atoms with van der Waals surface area (Å²) in [5.41, 5.74) is 7.41. The fourth-order valence-corrected chi connectivity index (χ4v) is 4.75. The van der Waals surface area contributed by atoms with Crippen molar-refractivity contribution in [2.24, 2.45) is 10.4 Å². The summed E-state index contributed by atoms with van der Waals surface area (Å²) in [6.07, 6.45) is 4.98. The average Bonchev–Trinajstić information content (AvgIpc) is 3.40. The van der Waals surface area contributed by atoms with Gasteiger partial charge in [0.1, 0.15) is 11.5 Å². The SMILES string of the molecule is COc1cccc([C@@H]2OC(c3ccc(OCCCO)cc3)=N[C@]2(C/C=C/c2ccccc2)C(=O)NNCCC(C)(C)C)c1. The molecule has 0 radical (unpaired) electrons. The van der Waals surface area contributed by atoms with Gasteiger partial charge in [0.25, 0.3) is 5.91 Å². The smallest absolute Gasteiger partial charge is 0.266 e. The van der Waals surface area contributed by atoms with Crippen LogP contribution in [-0.2, 0) is 9.53 Å². The van der Waals surface area contributed by atoms with Crippen LogP contribution in [0.1, 0.15) is 62.8 Å². The van der Waals surface area contributed by atoms with Crippen LogP contribution >= 0.6 is 0 Å². The number of amides is 1. The highest BCUT2D eigenvalue weighted by atomic mass is 16.5. The van der Waals surface area contributed by atoms with E-state index in [4.69, 9.17) is 24.3 Å². The number of carbonyl (C=O) groups is 1. The number of ether oxygens (including phenoxy) is 3. The molecule has 4 rings (SSSR count). The number of hydrogen-bond acceptors (Lipinski definition) is 7. The molecule has 1 heterocycles. The van der Waals surface area contributed by atoms with Crippen LogP contribution in [-0.4, -0.2) is 49.3 Å². The number of nitrogens with zero attached hydrogens (tertiary/aromatic N) is 1. The second kappa shape index (κ2) is 14.8. The van der Waals surface area contributed by atoms with E-state index in [-0.39, 0.29) is 17.9 Å². The first kappa shape index (κ1) is 31.8. The molecule has 3 aromatic rings. The van der Waals surface area contributed by atoms with Crippen LogP contribution in [0.15, 0.2) is 89.9 Å². The standard InChI is InChI=1S/C35H43N3O5/c1-34(2,3)21-22-36-38-33(40)35(20-9-13-26-11-6-5-7-12-26)31(28-14-8-15-30(25-28)41-4)43-32(37-35)27-16-18-29(19-17-27)42-24-10-23-39/h5-9,11-19,25,31,36,39H,10,20-24H2,1-4H3,(H,38,40)/b13-9+/t31-,35-/m0/s1. The van der Waals surface area contributed by atoms with Crippen molar-refractivity contribution < 1.29 is 24.1 Å². The van der Waals surface area contributed by atoms with Crippen molar-refractivity contribution in [2.45, 2.75) is 51.7 Å². The maximum Gasteiger partial charge on any atom is 0.266 e. The zero-order valence-electron chi connectivity index (χ0n) is 25.5. The van der Waals surface area contributed by atoms with Gasteiger partial charge in [0.2, 0.25) is 5.90 Å². The molecule has 3 N–H and O–H groups in total. The lowest BCUT2D eigenvalue weighted by molar-refractivity contribution is -0.129. The number of aliphatic hydroxyl groups excluding tert-OH is 1. The second-order valence-corrected chi connectivity index (χ2v) is 11.8. The van der Waals surface area contributed by atoms with E-state index < -0.39 is 11.6 Å². The Labute approximate surface area is 254 Å². The third-order valence-electron chi connectivity index (χ3n) is 7.17. The molecule has 0 saturated carbocycles. The van der Waals surface area contributed by atoms with E-state index in [1.807, 2.05) is 91.0 Å². The summed E-state index contributed by atoms with van der Waals surface area (Å²) in [6.45, 7) is 7.59. The van der Waals surface area contributed by atoms with E-state index in [0.717, 1.165) is 23.1 Å². The highest BCUT2D eigenvalue weighted by Crippen LogP contribution is 2.43. The van der Waals surface area contributed by atoms with Crippen LogP contribution < -0.4 is 20.3 Å². The minimum absolute atomic E-state index is 0.0717. The van der Waals surface area contributed by atoms with Gasteiger partial charge in [0.15, 0.2) is 11.6 Å². The summed E-state index contributed by atoms with van der Waals surface area (Å²) in [5.74, 6) is 1.42. The van der Waals surface area contributed by atoms with Gasteiger partial charge in [-0.1, -0.05) is 75.4 Å². The van der Waals surface area contributed by atoms with Crippen LogP contribution in [0.25, 0.3) is 6.08 Å². The van der Waals surface area contributed by atoms with Gasteiger partial charge in [0.05, 0.1) is 13.7 Å². The highest BCUT2D eigenvalue weighted by molar-refractivity contribution is 6.01. The van der Waals surface area contributed by atoms with E-state index in [1.165, 1.54) is 0 Å². The summed E-state index contributed by atoms with van der Waals surface area (Å²) < 4.78 is 17.8. The molecule has 0 aromatic heterocycles. The number of methoxy groups -OCH3 is 1. The zero-order chi connectivity index (χ0) is 30.7. The monoisotopic (exact) mass is 585 g/mol. The van der Waals surface area contributed by atoms with Crippen molar-refractivity contribution in [1.29, 1.82) is 0 Å². The van der Waals surface area contributed by atoms with Crippen molar-refractivity contribution in [3.63, 3.8) is 0 Å². The second-order valence-electron chi connectivity index (χ2n) is 11.8. The van der Waals surface area contributed by atoms with Gasteiger partial charge < -0.3 is 19.3 Å². The molecule has 1 amide bonds. The van der Waals surface area contributed by atoms with Crippen molar-refractivity contribution in [3.8, 4) is 11.5 Å². The van der Waals surface area contributed by atoms with E-state index in [2.05, 4.69) is 31.6 Å². The lowest BCUT2D eigenvalue weighted by Crippen LogP contribution is -2.52. The molecule has 228 valence electrons. The molecule has 0 spiro atoms. The fraction of sp³-hybridized carbons (Fsp3) is 0.371. The quantitative estimate of drug-likeness (QED) is 0.162. The number of nitrogens with one attached hydrogen (secondary N) is 2. The molecule has 0 bridgehead atoms. The zero-order valence-corrected chi connectivity index (χ0v) is 25.5. The third kappa shape index (κ3) is 8.69. The lowest BCUT2D eigenvalue weighted by atomic mass is 9.84. The van der Waals surface area contributed by atoms with Gasteiger partial charge in [-0.25, -0.2) is 10.4 Å². The molecule has 1 aliphatic heterocycles. The first-order valence-electron chi connectivity index (χ1n) is 14.7. The number of aliphatic hydroxyl groups is 1. The van der Waals surface area contributed by atoms with Gasteiger partial charge in [0, 0.05) is 31.6 Å². The van der Waals surface area contributed by atoms with E-state index in [9.17, 15) is 4.79 Å². The van der Waals surface area contributed by atoms with Crippen molar-refractivity contribution in [2.75, 3.05) is 26.9 Å². The van der Waals surface area contributed by atoms with E-state index in [0.29, 0.717) is 43.4 Å². The minimum Gasteiger partial charge on any atom is -0.497 e. The number of rotatable bonds is 14. The largest absolute Gasteiger partial charge is 0.497 e. The molecule has 8 heteroatoms. The van der Waals surface area contributed by atoms with Crippen LogP contribution in [0.5, 0.6) is 11.5 Å². The Balaban J connectivity index is 1.71. The first-order valence-corrected chi connectivity index (χ1v) is 14.7. The molecule has 1 aliphatic rings. The van der Waals surface area contributed by atoms with E-state index >= 15 is 0 Å². The fourth-order valence-electron chi connectivity index (χ4n) is 4.75. The van der Waals surface area contributed by atoms with Crippen molar-refractivity contribution >= 4 is 17.9 Å².